The zero-order chi connectivity index (χ0) is 13.2. The number of thiazole rings is 1. The molecule has 1 aromatic heterocycles. The molecule has 0 bridgehead atoms. The highest BCUT2D eigenvalue weighted by Crippen LogP contribution is 2.33. The Kier molecular flexibility index (Phi) is 3.91. The van der Waals surface area contributed by atoms with Crippen LogP contribution in [0.3, 0.4) is 0 Å². The molecule has 1 atom stereocenters. The molecule has 3 rings (SSSR count). The monoisotopic (exact) mass is 295 g/mol. The van der Waals surface area contributed by atoms with E-state index in [0.29, 0.717) is 6.04 Å². The van der Waals surface area contributed by atoms with Crippen molar-refractivity contribution in [1.82, 2.24) is 9.88 Å². The summed E-state index contributed by atoms with van der Waals surface area (Å²) in [4.78, 5) is 6.84. The predicted octanol–water partition coefficient (Wildman–Crippen LogP) is 3.85. The fraction of sp³-hybridized carbons (Fsp3) is 0.500. The number of rotatable bonds is 2. The number of benzene rings is 1. The molecule has 1 unspecified atom stereocenters. The van der Waals surface area contributed by atoms with Crippen LogP contribution in [0.1, 0.15) is 19.3 Å². The number of fused-ring (bicyclic) bond motifs is 1. The molecule has 3 nitrogen and oxygen atoms in total. The third-order valence-corrected chi connectivity index (χ3v) is 4.86. The van der Waals surface area contributed by atoms with Gasteiger partial charge in [-0.3, -0.25) is 0 Å². The van der Waals surface area contributed by atoms with Crippen molar-refractivity contribution in [3.8, 4) is 0 Å². The maximum Gasteiger partial charge on any atom is 0.106 e. The molecule has 1 aromatic carbocycles. The Hall–Kier alpha value is -0.840. The number of hydrogen-bond acceptors (Lipinski definition) is 4. The van der Waals surface area contributed by atoms with Crippen molar-refractivity contribution in [2.75, 3.05) is 25.5 Å². The summed E-state index contributed by atoms with van der Waals surface area (Å²) in [6, 6.07) is 4.50. The molecular formula is C14H18ClN3S. The summed E-state index contributed by atoms with van der Waals surface area (Å²) >= 11 is 8.00. The van der Waals surface area contributed by atoms with E-state index in [1.165, 1.54) is 24.1 Å². The first-order valence-electron chi connectivity index (χ1n) is 6.71. The molecule has 1 fully saturated rings. The first-order chi connectivity index (χ1) is 9.24. The summed E-state index contributed by atoms with van der Waals surface area (Å²) in [5, 5.41) is 4.40. The molecule has 2 aromatic rings. The van der Waals surface area contributed by atoms with Crippen LogP contribution in [-0.2, 0) is 0 Å². The average molecular weight is 296 g/mol. The summed E-state index contributed by atoms with van der Waals surface area (Å²) in [7, 11) is 2.19. The summed E-state index contributed by atoms with van der Waals surface area (Å²) < 4.78 is 1.19. The highest BCUT2D eigenvalue weighted by molar-refractivity contribution is 7.16. The first kappa shape index (κ1) is 13.2. The topological polar surface area (TPSA) is 28.2 Å². The average Bonchev–Trinajstić information content (AvgIpc) is 2.78. The minimum absolute atomic E-state index is 0.495. The van der Waals surface area contributed by atoms with E-state index in [4.69, 9.17) is 11.6 Å². The van der Waals surface area contributed by atoms with Crippen LogP contribution in [0.25, 0.3) is 10.2 Å². The van der Waals surface area contributed by atoms with Crippen molar-refractivity contribution in [3.63, 3.8) is 0 Å². The minimum Gasteiger partial charge on any atom is -0.379 e. The van der Waals surface area contributed by atoms with Gasteiger partial charge >= 0.3 is 0 Å². The van der Waals surface area contributed by atoms with E-state index in [-0.39, 0.29) is 0 Å². The Labute approximate surface area is 122 Å². The highest BCUT2D eigenvalue weighted by Gasteiger charge is 2.17. The predicted molar refractivity (Wildman–Crippen MR) is 83.4 cm³/mol. The minimum atomic E-state index is 0.495. The molecule has 1 saturated heterocycles. The second kappa shape index (κ2) is 5.65. The second-order valence-electron chi connectivity index (χ2n) is 5.20. The lowest BCUT2D eigenvalue weighted by Crippen LogP contribution is -2.23. The molecule has 0 amide bonds. The molecule has 1 aliphatic heterocycles. The number of aromatic nitrogens is 1. The van der Waals surface area contributed by atoms with Gasteiger partial charge in [-0.05, 0) is 51.5 Å². The Bertz CT molecular complexity index is 569. The van der Waals surface area contributed by atoms with E-state index >= 15 is 0 Å². The van der Waals surface area contributed by atoms with Gasteiger partial charge in [-0.25, -0.2) is 4.98 Å². The van der Waals surface area contributed by atoms with Gasteiger partial charge in [0.2, 0.25) is 0 Å². The van der Waals surface area contributed by atoms with Crippen LogP contribution in [0.15, 0.2) is 17.6 Å². The lowest BCUT2D eigenvalue weighted by atomic mass is 10.1. The zero-order valence-electron chi connectivity index (χ0n) is 11.0. The third kappa shape index (κ3) is 2.86. The Morgan fingerprint density at radius 1 is 1.37 bits per heavy atom. The van der Waals surface area contributed by atoms with E-state index < -0.39 is 0 Å². The number of nitrogens with zero attached hydrogens (tertiary/aromatic N) is 2. The smallest absolute Gasteiger partial charge is 0.106 e. The van der Waals surface area contributed by atoms with Crippen LogP contribution in [0, 0.1) is 0 Å². The summed E-state index contributed by atoms with van der Waals surface area (Å²) in [6.07, 6.45) is 3.59. The number of hydrogen-bond donors (Lipinski definition) is 1. The molecule has 102 valence electrons. The maximum absolute atomic E-state index is 6.34. The summed E-state index contributed by atoms with van der Waals surface area (Å²) in [5.74, 6) is 0. The Morgan fingerprint density at radius 2 is 2.26 bits per heavy atom. The normalized spacial score (nSPS) is 21.5. The van der Waals surface area contributed by atoms with Crippen molar-refractivity contribution in [3.05, 3.63) is 22.7 Å². The fourth-order valence-electron chi connectivity index (χ4n) is 2.63. The molecule has 0 aliphatic carbocycles. The van der Waals surface area contributed by atoms with E-state index in [1.54, 1.807) is 11.3 Å². The van der Waals surface area contributed by atoms with E-state index in [2.05, 4.69) is 22.2 Å². The van der Waals surface area contributed by atoms with Crippen molar-refractivity contribution in [2.24, 2.45) is 0 Å². The number of halogens is 1. The van der Waals surface area contributed by atoms with Crippen LogP contribution in [0.2, 0.25) is 5.02 Å². The van der Waals surface area contributed by atoms with Crippen LogP contribution in [-0.4, -0.2) is 36.1 Å². The molecule has 0 spiro atoms. The van der Waals surface area contributed by atoms with Gasteiger partial charge in [0.25, 0.3) is 0 Å². The summed E-state index contributed by atoms with van der Waals surface area (Å²) in [6.45, 7) is 2.33. The van der Waals surface area contributed by atoms with Gasteiger partial charge < -0.3 is 10.2 Å². The van der Waals surface area contributed by atoms with Crippen molar-refractivity contribution in [1.29, 1.82) is 0 Å². The Morgan fingerprint density at radius 3 is 3.16 bits per heavy atom. The molecule has 1 aliphatic rings. The van der Waals surface area contributed by atoms with Gasteiger partial charge in [0, 0.05) is 6.04 Å². The van der Waals surface area contributed by atoms with Crippen LogP contribution in [0.5, 0.6) is 0 Å². The molecular weight excluding hydrogens is 278 g/mol. The third-order valence-electron chi connectivity index (χ3n) is 3.75. The molecule has 2 heterocycles. The molecule has 19 heavy (non-hydrogen) atoms. The maximum atomic E-state index is 6.34. The van der Waals surface area contributed by atoms with E-state index in [1.807, 2.05) is 17.6 Å². The zero-order valence-corrected chi connectivity index (χ0v) is 12.6. The number of likely N-dealkylation sites (tertiary alicyclic amines) is 1. The number of anilines is 1. The van der Waals surface area contributed by atoms with Crippen LogP contribution >= 0.6 is 22.9 Å². The Balaban J connectivity index is 1.84. The van der Waals surface area contributed by atoms with Gasteiger partial charge in [-0.15, -0.1) is 11.3 Å². The molecule has 5 heteroatoms. The van der Waals surface area contributed by atoms with Gasteiger partial charge in [0.05, 0.1) is 20.9 Å². The van der Waals surface area contributed by atoms with E-state index in [9.17, 15) is 0 Å². The highest BCUT2D eigenvalue weighted by atomic mass is 35.5. The lowest BCUT2D eigenvalue weighted by molar-refractivity contribution is 0.348. The second-order valence-corrected chi connectivity index (χ2v) is 6.49. The fourth-order valence-corrected chi connectivity index (χ4v) is 3.52. The summed E-state index contributed by atoms with van der Waals surface area (Å²) in [5.41, 5.74) is 3.90. The number of nitrogens with one attached hydrogen (secondary N) is 1. The SMILES string of the molecule is CN1CCCC(Nc2c(Cl)ccc3scnc23)CC1. The lowest BCUT2D eigenvalue weighted by Gasteiger charge is -2.19. The van der Waals surface area contributed by atoms with Gasteiger partial charge in [-0.1, -0.05) is 11.6 Å². The quantitative estimate of drug-likeness (QED) is 0.912. The van der Waals surface area contributed by atoms with Crippen LogP contribution in [0.4, 0.5) is 5.69 Å². The van der Waals surface area contributed by atoms with Crippen molar-refractivity contribution in [2.45, 2.75) is 25.3 Å². The van der Waals surface area contributed by atoms with Gasteiger partial charge in [-0.2, -0.15) is 0 Å². The van der Waals surface area contributed by atoms with Gasteiger partial charge in [0.1, 0.15) is 5.52 Å². The molecule has 0 radical (unpaired) electrons. The van der Waals surface area contributed by atoms with Crippen molar-refractivity contribution < 1.29 is 0 Å². The van der Waals surface area contributed by atoms with Gasteiger partial charge in [0.15, 0.2) is 0 Å². The van der Waals surface area contributed by atoms with E-state index in [0.717, 1.165) is 29.2 Å². The molecule has 1 N–H and O–H groups in total. The standard InChI is InChI=1S/C14H18ClN3S/c1-18-7-2-3-10(6-8-18)17-13-11(15)4-5-12-14(13)16-9-19-12/h4-5,9-10,17H,2-3,6-8H2,1H3. The van der Waals surface area contributed by atoms with Crippen LogP contribution < -0.4 is 5.32 Å². The molecule has 0 saturated carbocycles. The largest absolute Gasteiger partial charge is 0.379 e. The van der Waals surface area contributed by atoms with Crippen molar-refractivity contribution >= 4 is 38.8 Å². The first-order valence-corrected chi connectivity index (χ1v) is 7.96.